The Hall–Kier alpha value is -0.0800. The highest BCUT2D eigenvalue weighted by atomic mass is 16.3. The summed E-state index contributed by atoms with van der Waals surface area (Å²) in [5.41, 5.74) is 0. The summed E-state index contributed by atoms with van der Waals surface area (Å²) in [4.78, 5) is 2.33. The van der Waals surface area contributed by atoms with E-state index in [9.17, 15) is 5.11 Å². The first-order valence-corrected chi connectivity index (χ1v) is 5.06. The third-order valence-corrected chi connectivity index (χ3v) is 2.77. The molecule has 0 radical (unpaired) electrons. The van der Waals surface area contributed by atoms with Gasteiger partial charge in [-0.3, -0.25) is 4.90 Å². The van der Waals surface area contributed by atoms with Gasteiger partial charge in [-0.25, -0.2) is 0 Å². The van der Waals surface area contributed by atoms with Gasteiger partial charge in [0, 0.05) is 6.04 Å². The van der Waals surface area contributed by atoms with Gasteiger partial charge < -0.3 is 5.11 Å². The van der Waals surface area contributed by atoms with Gasteiger partial charge >= 0.3 is 0 Å². The highest BCUT2D eigenvalue weighted by molar-refractivity contribution is 4.73. The fraction of sp³-hybridized carbons (Fsp3) is 1.00. The van der Waals surface area contributed by atoms with E-state index in [0.29, 0.717) is 12.0 Å². The lowest BCUT2D eigenvalue weighted by atomic mass is 9.98. The zero-order valence-corrected chi connectivity index (χ0v) is 8.88. The van der Waals surface area contributed by atoms with Gasteiger partial charge in [0.25, 0.3) is 0 Å². The zero-order valence-electron chi connectivity index (χ0n) is 8.88. The Labute approximate surface area is 76.6 Å². The van der Waals surface area contributed by atoms with Gasteiger partial charge in [0.2, 0.25) is 0 Å². The van der Waals surface area contributed by atoms with Crippen LogP contribution in [0.25, 0.3) is 0 Å². The van der Waals surface area contributed by atoms with Crippen LogP contribution in [-0.2, 0) is 0 Å². The van der Waals surface area contributed by atoms with Gasteiger partial charge in [0.1, 0.15) is 0 Å². The Morgan fingerprint density at radius 1 is 1.17 bits per heavy atom. The average molecular weight is 173 g/mol. The van der Waals surface area contributed by atoms with E-state index < -0.39 is 0 Å². The Bertz CT molecular complexity index is 102. The molecular weight excluding hydrogens is 150 g/mol. The second kappa shape index (κ2) is 6.44. The summed E-state index contributed by atoms with van der Waals surface area (Å²) in [6, 6.07) is 0.352. The first-order chi connectivity index (χ1) is 5.71. The molecule has 0 saturated heterocycles. The van der Waals surface area contributed by atoms with Crippen molar-refractivity contribution in [2.45, 2.75) is 40.2 Å². The van der Waals surface area contributed by atoms with Crippen molar-refractivity contribution in [3.63, 3.8) is 0 Å². The van der Waals surface area contributed by atoms with E-state index in [2.05, 4.69) is 32.6 Å². The third kappa shape index (κ3) is 3.11. The summed E-state index contributed by atoms with van der Waals surface area (Å²) < 4.78 is 0. The van der Waals surface area contributed by atoms with Crippen LogP contribution < -0.4 is 0 Å². The minimum atomic E-state index is 0.288. The molecule has 0 aromatic rings. The molecule has 0 bridgehead atoms. The largest absolute Gasteiger partial charge is 0.395 e. The van der Waals surface area contributed by atoms with Crippen LogP contribution in [0.1, 0.15) is 34.1 Å². The maximum absolute atomic E-state index is 9.22. The first kappa shape index (κ1) is 11.9. The van der Waals surface area contributed by atoms with E-state index in [-0.39, 0.29) is 6.61 Å². The van der Waals surface area contributed by atoms with Crippen molar-refractivity contribution in [1.82, 2.24) is 4.90 Å². The molecule has 1 N–H and O–H groups in total. The van der Waals surface area contributed by atoms with Crippen LogP contribution in [0.4, 0.5) is 0 Å². The lowest BCUT2D eigenvalue weighted by Gasteiger charge is -2.32. The number of hydrogen-bond acceptors (Lipinski definition) is 2. The van der Waals surface area contributed by atoms with Crippen molar-refractivity contribution in [2.75, 3.05) is 19.7 Å². The molecule has 0 aliphatic carbocycles. The van der Waals surface area contributed by atoms with Gasteiger partial charge in [0.05, 0.1) is 6.61 Å². The summed E-state index contributed by atoms with van der Waals surface area (Å²) in [5, 5.41) is 9.22. The minimum absolute atomic E-state index is 0.288. The molecule has 12 heavy (non-hydrogen) atoms. The van der Waals surface area contributed by atoms with Crippen molar-refractivity contribution >= 4 is 0 Å². The molecule has 0 saturated carbocycles. The van der Waals surface area contributed by atoms with Crippen LogP contribution in [0.15, 0.2) is 0 Å². The Kier molecular flexibility index (Phi) is 6.39. The standard InChI is InChI=1S/C10H23NO/c1-5-9(4)10(8-12)11(6-2)7-3/h9-10,12H,5-8H2,1-4H3. The van der Waals surface area contributed by atoms with Crippen molar-refractivity contribution in [3.8, 4) is 0 Å². The number of rotatable bonds is 6. The predicted molar refractivity (Wildman–Crippen MR) is 53.2 cm³/mol. The topological polar surface area (TPSA) is 23.5 Å². The molecule has 0 heterocycles. The Morgan fingerprint density at radius 3 is 1.92 bits per heavy atom. The minimum Gasteiger partial charge on any atom is -0.395 e. The van der Waals surface area contributed by atoms with Crippen molar-refractivity contribution < 1.29 is 5.11 Å². The normalized spacial score (nSPS) is 16.5. The van der Waals surface area contributed by atoms with Crippen molar-refractivity contribution in [1.29, 1.82) is 0 Å². The molecule has 0 aliphatic heterocycles. The number of aliphatic hydroxyl groups is 1. The first-order valence-electron chi connectivity index (χ1n) is 5.06. The molecule has 0 amide bonds. The smallest absolute Gasteiger partial charge is 0.0589 e. The Balaban J connectivity index is 4.09. The fourth-order valence-electron chi connectivity index (χ4n) is 1.62. The van der Waals surface area contributed by atoms with Crippen LogP contribution >= 0.6 is 0 Å². The van der Waals surface area contributed by atoms with E-state index in [0.717, 1.165) is 19.5 Å². The predicted octanol–water partition coefficient (Wildman–Crippen LogP) is 1.74. The maximum atomic E-state index is 9.22. The van der Waals surface area contributed by atoms with Crippen molar-refractivity contribution in [3.05, 3.63) is 0 Å². The molecule has 2 unspecified atom stereocenters. The highest BCUT2D eigenvalue weighted by Gasteiger charge is 2.19. The fourth-order valence-corrected chi connectivity index (χ4v) is 1.62. The zero-order chi connectivity index (χ0) is 9.56. The van der Waals surface area contributed by atoms with Crippen LogP contribution in [0.2, 0.25) is 0 Å². The number of hydrogen-bond donors (Lipinski definition) is 1. The monoisotopic (exact) mass is 173 g/mol. The van der Waals surface area contributed by atoms with Crippen molar-refractivity contribution in [2.24, 2.45) is 5.92 Å². The van der Waals surface area contributed by atoms with Crippen LogP contribution in [-0.4, -0.2) is 35.7 Å². The van der Waals surface area contributed by atoms with Crippen LogP contribution in [0, 0.1) is 5.92 Å². The molecule has 2 atom stereocenters. The lowest BCUT2D eigenvalue weighted by Crippen LogP contribution is -2.42. The molecule has 0 fully saturated rings. The van der Waals surface area contributed by atoms with E-state index in [4.69, 9.17) is 0 Å². The van der Waals surface area contributed by atoms with E-state index in [1.54, 1.807) is 0 Å². The second-order valence-corrected chi connectivity index (χ2v) is 3.36. The maximum Gasteiger partial charge on any atom is 0.0589 e. The molecular formula is C10H23NO. The molecule has 0 aromatic carbocycles. The van der Waals surface area contributed by atoms with Gasteiger partial charge in [-0.2, -0.15) is 0 Å². The molecule has 0 spiro atoms. The van der Waals surface area contributed by atoms with Crippen LogP contribution in [0.5, 0.6) is 0 Å². The van der Waals surface area contributed by atoms with Gasteiger partial charge in [-0.05, 0) is 19.0 Å². The number of aliphatic hydroxyl groups excluding tert-OH is 1. The number of nitrogens with zero attached hydrogens (tertiary/aromatic N) is 1. The molecule has 2 heteroatoms. The van der Waals surface area contributed by atoms with E-state index >= 15 is 0 Å². The molecule has 0 rings (SSSR count). The highest BCUT2D eigenvalue weighted by Crippen LogP contribution is 2.13. The van der Waals surface area contributed by atoms with Gasteiger partial charge in [-0.1, -0.05) is 34.1 Å². The Morgan fingerprint density at radius 2 is 1.67 bits per heavy atom. The summed E-state index contributed by atoms with van der Waals surface area (Å²) >= 11 is 0. The van der Waals surface area contributed by atoms with Gasteiger partial charge in [0.15, 0.2) is 0 Å². The summed E-state index contributed by atoms with van der Waals surface area (Å²) in [6.45, 7) is 11.0. The van der Waals surface area contributed by atoms with E-state index in [1.165, 1.54) is 0 Å². The van der Waals surface area contributed by atoms with Crippen LogP contribution in [0.3, 0.4) is 0 Å². The molecule has 0 aromatic heterocycles. The SMILES string of the molecule is CCC(C)C(CO)N(CC)CC. The third-order valence-electron chi connectivity index (χ3n) is 2.77. The summed E-state index contributed by atoms with van der Waals surface area (Å²) in [6.07, 6.45) is 1.14. The molecule has 2 nitrogen and oxygen atoms in total. The lowest BCUT2D eigenvalue weighted by molar-refractivity contribution is 0.0926. The second-order valence-electron chi connectivity index (χ2n) is 3.36. The molecule has 74 valence electrons. The van der Waals surface area contributed by atoms with Gasteiger partial charge in [-0.15, -0.1) is 0 Å². The summed E-state index contributed by atoms with van der Waals surface area (Å²) in [5.74, 6) is 0.592. The summed E-state index contributed by atoms with van der Waals surface area (Å²) in [7, 11) is 0. The molecule has 0 aliphatic rings. The number of likely N-dealkylation sites (N-methyl/N-ethyl adjacent to an activating group) is 1. The van der Waals surface area contributed by atoms with E-state index in [1.807, 2.05) is 0 Å². The quantitative estimate of drug-likeness (QED) is 0.661. The average Bonchev–Trinajstić information content (AvgIpc) is 2.12.